The summed E-state index contributed by atoms with van der Waals surface area (Å²) >= 11 is 12.2. The van der Waals surface area contributed by atoms with Crippen LogP contribution >= 0.6 is 23.2 Å². The van der Waals surface area contributed by atoms with Gasteiger partial charge in [-0.05, 0) is 26.8 Å². The Labute approximate surface area is 155 Å². The summed E-state index contributed by atoms with van der Waals surface area (Å²) in [6.45, 7) is 5.08. The molecule has 1 aromatic carbocycles. The van der Waals surface area contributed by atoms with Gasteiger partial charge in [0, 0.05) is 11.6 Å². The zero-order valence-electron chi connectivity index (χ0n) is 14.0. The molecule has 1 heterocycles. The molecule has 1 fully saturated rings. The summed E-state index contributed by atoms with van der Waals surface area (Å²) in [5.41, 5.74) is 1.37. The summed E-state index contributed by atoms with van der Waals surface area (Å²) in [5, 5.41) is 0.282. The number of allylic oxidation sites excluding steroid dienone is 1. The van der Waals surface area contributed by atoms with Crippen molar-refractivity contribution in [3.8, 4) is 5.75 Å². The fourth-order valence-electron chi connectivity index (χ4n) is 2.33. The molecule has 0 unspecified atom stereocenters. The minimum atomic E-state index is -0.560. The van der Waals surface area contributed by atoms with Gasteiger partial charge in [0.1, 0.15) is 5.75 Å². The number of carbonyl (C=O) groups is 3. The predicted octanol–water partition coefficient (Wildman–Crippen LogP) is 3.54. The summed E-state index contributed by atoms with van der Waals surface area (Å²) in [5.74, 6) is -1.25. The first-order chi connectivity index (χ1) is 11.8. The van der Waals surface area contributed by atoms with Crippen LogP contribution in [-0.2, 0) is 19.1 Å². The highest BCUT2D eigenvalue weighted by Gasteiger charge is 2.37. The Hall–Kier alpha value is -2.05. The van der Waals surface area contributed by atoms with E-state index in [0.717, 1.165) is 10.5 Å². The molecule has 0 aliphatic carbocycles. The van der Waals surface area contributed by atoms with Crippen molar-refractivity contribution < 1.29 is 23.9 Å². The number of esters is 1. The van der Waals surface area contributed by atoms with Crippen molar-refractivity contribution >= 4 is 46.7 Å². The van der Waals surface area contributed by atoms with Crippen molar-refractivity contribution in [2.75, 3.05) is 18.1 Å². The standard InChI is InChI=1S/C17H17Cl2NO5/c1-4-24-16(22)8-25-14-7-13(11(18)6-12(14)19)20-15(21)5-10(9(2)3)17(20)23/h6-7H,4-5,8H2,1-3H3. The van der Waals surface area contributed by atoms with Gasteiger partial charge in [0.25, 0.3) is 5.91 Å². The predicted molar refractivity (Wildman–Crippen MR) is 94.1 cm³/mol. The van der Waals surface area contributed by atoms with Crippen LogP contribution in [-0.4, -0.2) is 31.0 Å². The average molecular weight is 386 g/mol. The molecule has 0 N–H and O–H groups in total. The molecule has 8 heteroatoms. The third-order valence-electron chi connectivity index (χ3n) is 3.54. The molecule has 0 aromatic heterocycles. The second-order valence-electron chi connectivity index (χ2n) is 5.52. The van der Waals surface area contributed by atoms with Crippen molar-refractivity contribution in [2.45, 2.75) is 27.2 Å². The summed E-state index contributed by atoms with van der Waals surface area (Å²) in [7, 11) is 0. The highest BCUT2D eigenvalue weighted by atomic mass is 35.5. The molecule has 0 atom stereocenters. The van der Waals surface area contributed by atoms with Crippen LogP contribution in [0.4, 0.5) is 5.69 Å². The molecule has 1 saturated heterocycles. The number of halogens is 2. The summed E-state index contributed by atoms with van der Waals surface area (Å²) < 4.78 is 10.1. The maximum atomic E-state index is 12.5. The van der Waals surface area contributed by atoms with Gasteiger partial charge in [-0.3, -0.25) is 9.59 Å². The first-order valence-electron chi connectivity index (χ1n) is 7.57. The van der Waals surface area contributed by atoms with Crippen LogP contribution in [0.3, 0.4) is 0 Å². The highest BCUT2D eigenvalue weighted by molar-refractivity contribution is 6.39. The number of ether oxygens (including phenoxy) is 2. The van der Waals surface area contributed by atoms with E-state index in [-0.39, 0.29) is 47.0 Å². The Morgan fingerprint density at radius 3 is 2.44 bits per heavy atom. The van der Waals surface area contributed by atoms with Gasteiger partial charge in [0.2, 0.25) is 5.91 Å². The molecule has 2 rings (SSSR count). The Kier molecular flexibility index (Phi) is 6.08. The minimum Gasteiger partial charge on any atom is -0.480 e. The molecule has 0 bridgehead atoms. The molecular formula is C17H17Cl2NO5. The number of rotatable bonds is 5. The van der Waals surface area contributed by atoms with Crippen molar-refractivity contribution in [2.24, 2.45) is 0 Å². The summed E-state index contributed by atoms with van der Waals surface area (Å²) in [4.78, 5) is 37.2. The van der Waals surface area contributed by atoms with Crippen molar-refractivity contribution in [3.05, 3.63) is 33.3 Å². The number of imide groups is 1. The van der Waals surface area contributed by atoms with E-state index in [2.05, 4.69) is 0 Å². The normalized spacial score (nSPS) is 14.1. The lowest BCUT2D eigenvalue weighted by atomic mass is 10.1. The molecule has 6 nitrogen and oxygen atoms in total. The Morgan fingerprint density at radius 1 is 1.20 bits per heavy atom. The molecule has 0 saturated carbocycles. The van der Waals surface area contributed by atoms with Gasteiger partial charge in [0.15, 0.2) is 6.61 Å². The number of benzene rings is 1. The van der Waals surface area contributed by atoms with Crippen LogP contribution in [0.25, 0.3) is 0 Å². The van der Waals surface area contributed by atoms with E-state index in [9.17, 15) is 14.4 Å². The lowest BCUT2D eigenvalue weighted by molar-refractivity contribution is -0.145. The topological polar surface area (TPSA) is 72.9 Å². The number of nitrogens with zero attached hydrogens (tertiary/aromatic N) is 1. The number of carbonyl (C=O) groups excluding carboxylic acids is 3. The van der Waals surface area contributed by atoms with E-state index in [4.69, 9.17) is 32.7 Å². The van der Waals surface area contributed by atoms with Crippen LogP contribution in [0.2, 0.25) is 10.0 Å². The lowest BCUT2D eigenvalue weighted by Gasteiger charge is -2.17. The van der Waals surface area contributed by atoms with Crippen LogP contribution in [0.15, 0.2) is 23.3 Å². The Morgan fingerprint density at radius 2 is 1.88 bits per heavy atom. The van der Waals surface area contributed by atoms with Crippen LogP contribution in [0.5, 0.6) is 5.75 Å². The van der Waals surface area contributed by atoms with Crippen molar-refractivity contribution in [1.29, 1.82) is 0 Å². The van der Waals surface area contributed by atoms with E-state index in [1.807, 2.05) is 0 Å². The van der Waals surface area contributed by atoms with E-state index >= 15 is 0 Å². The second kappa shape index (κ2) is 7.89. The molecule has 0 radical (unpaired) electrons. The maximum Gasteiger partial charge on any atom is 0.344 e. The van der Waals surface area contributed by atoms with Gasteiger partial charge in [-0.2, -0.15) is 0 Å². The Balaban J connectivity index is 2.34. The first-order valence-corrected chi connectivity index (χ1v) is 8.33. The zero-order chi connectivity index (χ0) is 18.7. The van der Waals surface area contributed by atoms with Gasteiger partial charge < -0.3 is 9.47 Å². The smallest absolute Gasteiger partial charge is 0.344 e. The second-order valence-corrected chi connectivity index (χ2v) is 6.33. The lowest BCUT2D eigenvalue weighted by Crippen LogP contribution is -2.29. The van der Waals surface area contributed by atoms with E-state index < -0.39 is 11.9 Å². The first kappa shape index (κ1) is 19.3. The fourth-order valence-corrected chi connectivity index (χ4v) is 2.85. The molecule has 134 valence electrons. The number of anilines is 1. The maximum absolute atomic E-state index is 12.5. The number of amides is 2. The third-order valence-corrected chi connectivity index (χ3v) is 4.13. The molecule has 1 aliphatic rings. The molecule has 25 heavy (non-hydrogen) atoms. The van der Waals surface area contributed by atoms with Gasteiger partial charge in [-0.15, -0.1) is 0 Å². The van der Waals surface area contributed by atoms with Crippen LogP contribution in [0, 0.1) is 0 Å². The largest absolute Gasteiger partial charge is 0.480 e. The van der Waals surface area contributed by atoms with Crippen molar-refractivity contribution in [1.82, 2.24) is 0 Å². The summed E-state index contributed by atoms with van der Waals surface area (Å²) in [6, 6.07) is 2.73. The van der Waals surface area contributed by atoms with E-state index in [0.29, 0.717) is 5.57 Å². The van der Waals surface area contributed by atoms with Gasteiger partial charge >= 0.3 is 5.97 Å². The molecule has 1 aliphatic heterocycles. The average Bonchev–Trinajstić information content (AvgIpc) is 2.82. The number of hydrogen-bond acceptors (Lipinski definition) is 5. The third kappa shape index (κ3) is 4.14. The zero-order valence-corrected chi connectivity index (χ0v) is 15.5. The van der Waals surface area contributed by atoms with E-state index in [1.165, 1.54) is 12.1 Å². The summed E-state index contributed by atoms with van der Waals surface area (Å²) in [6.07, 6.45) is 0.0130. The minimum absolute atomic E-state index is 0.0130. The number of hydrogen-bond donors (Lipinski definition) is 0. The molecule has 2 amide bonds. The molecule has 1 aromatic rings. The Bertz CT molecular complexity index is 769. The molecular weight excluding hydrogens is 369 g/mol. The molecule has 0 spiro atoms. The fraction of sp³-hybridized carbons (Fsp3) is 0.353. The van der Waals surface area contributed by atoms with Crippen LogP contribution < -0.4 is 9.64 Å². The highest BCUT2D eigenvalue weighted by Crippen LogP contribution is 2.39. The quantitative estimate of drug-likeness (QED) is 0.440. The van der Waals surface area contributed by atoms with Crippen LogP contribution in [0.1, 0.15) is 27.2 Å². The van der Waals surface area contributed by atoms with Gasteiger partial charge in [-0.25, -0.2) is 9.69 Å². The van der Waals surface area contributed by atoms with Gasteiger partial charge in [-0.1, -0.05) is 28.8 Å². The van der Waals surface area contributed by atoms with Gasteiger partial charge in [0.05, 0.1) is 28.8 Å². The van der Waals surface area contributed by atoms with E-state index in [1.54, 1.807) is 20.8 Å². The SMILES string of the molecule is CCOC(=O)COc1cc(N2C(=O)CC(=C(C)C)C2=O)c(Cl)cc1Cl. The van der Waals surface area contributed by atoms with Crippen molar-refractivity contribution in [3.63, 3.8) is 0 Å². The monoisotopic (exact) mass is 385 g/mol.